The molecule has 0 N–H and O–H groups in total. The molecule has 1 fully saturated rings. The highest BCUT2D eigenvalue weighted by Gasteiger charge is 2.39. The van der Waals surface area contributed by atoms with Gasteiger partial charge in [0.05, 0.1) is 24.2 Å². The van der Waals surface area contributed by atoms with E-state index < -0.39 is 10.0 Å². The average Bonchev–Trinajstić information content (AvgIpc) is 3.54. The summed E-state index contributed by atoms with van der Waals surface area (Å²) in [6.07, 6.45) is 1.57. The number of ether oxygens (including phenoxy) is 1. The molecule has 5 rings (SSSR count). The van der Waals surface area contributed by atoms with Crippen LogP contribution in [0.25, 0.3) is 11.0 Å². The lowest BCUT2D eigenvalue weighted by Crippen LogP contribution is -2.31. The molecule has 0 amide bonds. The van der Waals surface area contributed by atoms with Gasteiger partial charge in [-0.15, -0.1) is 11.3 Å². The molecule has 8 heteroatoms. The Balaban J connectivity index is 1.60. The third kappa shape index (κ3) is 3.64. The van der Waals surface area contributed by atoms with E-state index in [1.807, 2.05) is 42.5 Å². The zero-order chi connectivity index (χ0) is 21.4. The summed E-state index contributed by atoms with van der Waals surface area (Å²) in [4.78, 5) is 4.91. The molecule has 2 aromatic carbocycles. The van der Waals surface area contributed by atoms with E-state index in [4.69, 9.17) is 9.72 Å². The first kappa shape index (κ1) is 20.2. The van der Waals surface area contributed by atoms with Gasteiger partial charge >= 0.3 is 0 Å². The van der Waals surface area contributed by atoms with E-state index in [0.29, 0.717) is 17.3 Å². The van der Waals surface area contributed by atoms with Crippen molar-refractivity contribution < 1.29 is 13.2 Å². The van der Waals surface area contributed by atoms with E-state index in [0.717, 1.165) is 41.0 Å². The van der Waals surface area contributed by atoms with Crippen LogP contribution in [0.15, 0.2) is 70.3 Å². The number of rotatable bonds is 6. The van der Waals surface area contributed by atoms with Gasteiger partial charge in [-0.3, -0.25) is 0 Å². The minimum absolute atomic E-state index is 0.287. The average molecular weight is 454 g/mol. The van der Waals surface area contributed by atoms with Gasteiger partial charge in [0.1, 0.15) is 15.8 Å². The van der Waals surface area contributed by atoms with Crippen LogP contribution in [0.4, 0.5) is 0 Å². The number of methoxy groups -OCH3 is 1. The highest BCUT2D eigenvalue weighted by atomic mass is 32.2. The third-order valence-corrected chi connectivity index (χ3v) is 9.00. The Morgan fingerprint density at radius 2 is 2.00 bits per heavy atom. The molecule has 0 bridgehead atoms. The van der Waals surface area contributed by atoms with Gasteiger partial charge in [0.15, 0.2) is 0 Å². The van der Waals surface area contributed by atoms with E-state index in [-0.39, 0.29) is 6.04 Å². The van der Waals surface area contributed by atoms with Gasteiger partial charge in [-0.25, -0.2) is 13.4 Å². The smallest absolute Gasteiger partial charge is 0.253 e. The van der Waals surface area contributed by atoms with Gasteiger partial charge in [-0.1, -0.05) is 30.3 Å². The Bertz CT molecular complexity index is 1310. The lowest BCUT2D eigenvalue weighted by molar-refractivity contribution is 0.377. The molecule has 3 heterocycles. The highest BCUT2D eigenvalue weighted by Crippen LogP contribution is 2.38. The maximum absolute atomic E-state index is 13.3. The summed E-state index contributed by atoms with van der Waals surface area (Å²) >= 11 is 1.26. The highest BCUT2D eigenvalue weighted by molar-refractivity contribution is 7.91. The molecule has 0 radical (unpaired) electrons. The molecule has 1 aliphatic rings. The number of thiophene rings is 1. The topological polar surface area (TPSA) is 64.4 Å². The fourth-order valence-electron chi connectivity index (χ4n) is 4.28. The number of imidazole rings is 1. The van der Waals surface area contributed by atoms with Crippen molar-refractivity contribution in [2.75, 3.05) is 13.7 Å². The lowest BCUT2D eigenvalue weighted by Gasteiger charge is -2.24. The summed E-state index contributed by atoms with van der Waals surface area (Å²) in [7, 11) is -1.90. The summed E-state index contributed by atoms with van der Waals surface area (Å²) in [6, 6.07) is 19.1. The van der Waals surface area contributed by atoms with E-state index in [2.05, 4.69) is 10.6 Å². The molecule has 1 aliphatic heterocycles. The molecule has 160 valence electrons. The van der Waals surface area contributed by atoms with Crippen LogP contribution in [0.5, 0.6) is 5.75 Å². The Hall–Kier alpha value is -2.68. The minimum Gasteiger partial charge on any atom is -0.497 e. The lowest BCUT2D eigenvalue weighted by atomic mass is 10.2. The number of benzene rings is 2. The Kier molecular flexibility index (Phi) is 5.29. The van der Waals surface area contributed by atoms with Gasteiger partial charge in [-0.2, -0.15) is 4.31 Å². The zero-order valence-electron chi connectivity index (χ0n) is 17.1. The number of sulfonamides is 1. The van der Waals surface area contributed by atoms with Gasteiger partial charge in [-0.05, 0) is 54.1 Å². The van der Waals surface area contributed by atoms with Gasteiger partial charge in [0.2, 0.25) is 0 Å². The van der Waals surface area contributed by atoms with Crippen molar-refractivity contribution in [2.45, 2.75) is 29.6 Å². The molecule has 2 aromatic heterocycles. The SMILES string of the molecule is COc1cccc(Cn2c([C@H]3CCCN3S(=O)(=O)c3cccs3)nc3ccccc32)c1. The molecular weight excluding hydrogens is 430 g/mol. The number of fused-ring (bicyclic) bond motifs is 1. The molecule has 1 saturated heterocycles. The quantitative estimate of drug-likeness (QED) is 0.425. The predicted molar refractivity (Wildman–Crippen MR) is 122 cm³/mol. The van der Waals surface area contributed by atoms with Crippen LogP contribution in [-0.2, 0) is 16.6 Å². The molecule has 4 aromatic rings. The second-order valence-corrected chi connectivity index (χ2v) is 10.7. The molecule has 0 aliphatic carbocycles. The van der Waals surface area contributed by atoms with Crippen LogP contribution in [0.2, 0.25) is 0 Å². The zero-order valence-corrected chi connectivity index (χ0v) is 18.8. The van der Waals surface area contributed by atoms with Crippen LogP contribution in [0.1, 0.15) is 30.3 Å². The Labute approximate surface area is 185 Å². The number of para-hydroxylation sites is 2. The van der Waals surface area contributed by atoms with Crippen LogP contribution in [0.3, 0.4) is 0 Å². The molecule has 31 heavy (non-hydrogen) atoms. The molecule has 1 atom stereocenters. The van der Waals surface area contributed by atoms with Gasteiger partial charge in [0.25, 0.3) is 10.0 Å². The van der Waals surface area contributed by atoms with Crippen molar-refractivity contribution in [1.29, 1.82) is 0 Å². The fraction of sp³-hybridized carbons (Fsp3) is 0.261. The molecule has 6 nitrogen and oxygen atoms in total. The first-order valence-electron chi connectivity index (χ1n) is 10.2. The first-order chi connectivity index (χ1) is 15.1. The van der Waals surface area contributed by atoms with Crippen molar-refractivity contribution in [3.63, 3.8) is 0 Å². The summed E-state index contributed by atoms with van der Waals surface area (Å²) in [5.74, 6) is 1.59. The van der Waals surface area contributed by atoms with Crippen molar-refractivity contribution in [2.24, 2.45) is 0 Å². The summed E-state index contributed by atoms with van der Waals surface area (Å²) in [5, 5.41) is 1.80. The largest absolute Gasteiger partial charge is 0.497 e. The number of hydrogen-bond acceptors (Lipinski definition) is 5. The van der Waals surface area contributed by atoms with Gasteiger partial charge in [0, 0.05) is 13.1 Å². The first-order valence-corrected chi connectivity index (χ1v) is 12.5. The van der Waals surface area contributed by atoms with Crippen LogP contribution >= 0.6 is 11.3 Å². The normalized spacial score (nSPS) is 17.4. The maximum atomic E-state index is 13.3. The van der Waals surface area contributed by atoms with E-state index in [9.17, 15) is 8.42 Å². The maximum Gasteiger partial charge on any atom is 0.253 e. The van der Waals surface area contributed by atoms with E-state index in [1.165, 1.54) is 11.3 Å². The Morgan fingerprint density at radius 3 is 2.81 bits per heavy atom. The third-order valence-electron chi connectivity index (χ3n) is 5.72. The number of hydrogen-bond donors (Lipinski definition) is 0. The Morgan fingerprint density at radius 1 is 1.13 bits per heavy atom. The number of nitrogens with zero attached hydrogens (tertiary/aromatic N) is 3. The van der Waals surface area contributed by atoms with Crippen molar-refractivity contribution in [3.05, 3.63) is 77.4 Å². The second-order valence-electron chi connectivity index (χ2n) is 7.60. The monoisotopic (exact) mass is 453 g/mol. The predicted octanol–water partition coefficient (Wildman–Crippen LogP) is 4.68. The minimum atomic E-state index is -3.55. The standard InChI is InChI=1S/C23H23N3O3S2/c1-29-18-8-4-7-17(15-18)16-25-20-10-3-2-9-19(20)24-23(25)21-11-5-13-26(21)31(27,28)22-12-6-14-30-22/h2-4,6-10,12,14-15,21H,5,11,13,16H2,1H3/t21-/m1/s1. The van der Waals surface area contributed by atoms with Crippen LogP contribution in [0, 0.1) is 0 Å². The summed E-state index contributed by atoms with van der Waals surface area (Å²) in [5.41, 5.74) is 2.95. The van der Waals surface area contributed by atoms with Crippen LogP contribution < -0.4 is 4.74 Å². The van der Waals surface area contributed by atoms with Crippen LogP contribution in [-0.4, -0.2) is 35.9 Å². The molecule has 0 unspecified atom stereocenters. The van der Waals surface area contributed by atoms with Crippen molar-refractivity contribution >= 4 is 32.4 Å². The van der Waals surface area contributed by atoms with E-state index in [1.54, 1.807) is 28.9 Å². The molecule has 0 spiro atoms. The molecule has 0 saturated carbocycles. The fourth-order valence-corrected chi connectivity index (χ4v) is 7.05. The van der Waals surface area contributed by atoms with E-state index >= 15 is 0 Å². The molecular formula is C23H23N3O3S2. The van der Waals surface area contributed by atoms with Gasteiger partial charge < -0.3 is 9.30 Å². The summed E-state index contributed by atoms with van der Waals surface area (Å²) < 4.78 is 36.2. The van der Waals surface area contributed by atoms with Crippen molar-refractivity contribution in [3.8, 4) is 5.75 Å². The van der Waals surface area contributed by atoms with Crippen molar-refractivity contribution in [1.82, 2.24) is 13.9 Å². The number of aromatic nitrogens is 2. The second kappa shape index (κ2) is 8.11. The summed E-state index contributed by atoms with van der Waals surface area (Å²) in [6.45, 7) is 1.10.